The molecular weight excluding hydrogens is 200 g/mol. The minimum absolute atomic E-state index is 0.0737. The summed E-state index contributed by atoms with van der Waals surface area (Å²) < 4.78 is 16.2. The van der Waals surface area contributed by atoms with Gasteiger partial charge in [0.15, 0.2) is 0 Å². The maximum absolute atomic E-state index is 11.5. The van der Waals surface area contributed by atoms with E-state index in [-0.39, 0.29) is 11.7 Å². The summed E-state index contributed by atoms with van der Waals surface area (Å²) in [7, 11) is -1.02. The van der Waals surface area contributed by atoms with Gasteiger partial charge < -0.3 is 4.74 Å². The van der Waals surface area contributed by atoms with E-state index in [9.17, 15) is 9.00 Å². The fourth-order valence-electron chi connectivity index (χ4n) is 1.83. The zero-order valence-corrected chi connectivity index (χ0v) is 9.48. The van der Waals surface area contributed by atoms with E-state index in [1.165, 1.54) is 25.7 Å². The highest BCUT2D eigenvalue weighted by Gasteiger charge is 2.19. The average molecular weight is 218 g/mol. The highest BCUT2D eigenvalue weighted by molar-refractivity contribution is 7.85. The zero-order valence-electron chi connectivity index (χ0n) is 8.66. The average Bonchev–Trinajstić information content (AvgIpc) is 2.56. The Morgan fingerprint density at radius 3 is 2.64 bits per heavy atom. The summed E-state index contributed by atoms with van der Waals surface area (Å²) in [5, 5.41) is 0. The van der Waals surface area contributed by atoms with Crippen molar-refractivity contribution in [1.82, 2.24) is 0 Å². The van der Waals surface area contributed by atoms with Crippen molar-refractivity contribution in [2.75, 3.05) is 18.1 Å². The van der Waals surface area contributed by atoms with E-state index in [1.54, 1.807) is 6.92 Å². The van der Waals surface area contributed by atoms with E-state index in [1.807, 2.05) is 0 Å². The lowest BCUT2D eigenvalue weighted by atomic mass is 10.1. The molecule has 0 saturated heterocycles. The molecule has 1 rings (SSSR count). The van der Waals surface area contributed by atoms with Crippen LogP contribution < -0.4 is 0 Å². The van der Waals surface area contributed by atoms with Crippen LogP contribution >= 0.6 is 0 Å². The molecule has 0 radical (unpaired) electrons. The molecule has 1 aliphatic rings. The number of carbonyl (C=O) groups excluding carboxylic acids is 1. The maximum Gasteiger partial charge on any atom is 0.318 e. The second-order valence-electron chi connectivity index (χ2n) is 3.71. The molecule has 0 spiro atoms. The molecule has 1 saturated carbocycles. The Bertz CT molecular complexity index is 209. The van der Waals surface area contributed by atoms with Crippen LogP contribution in [-0.2, 0) is 20.3 Å². The number of carbonyl (C=O) groups is 1. The third kappa shape index (κ3) is 4.22. The molecule has 82 valence electrons. The van der Waals surface area contributed by atoms with Gasteiger partial charge in [-0.3, -0.25) is 9.00 Å². The lowest BCUT2D eigenvalue weighted by Gasteiger charge is -2.07. The minimum Gasteiger partial charge on any atom is -0.465 e. The number of esters is 1. The predicted octanol–water partition coefficient (Wildman–Crippen LogP) is 1.49. The highest BCUT2D eigenvalue weighted by Crippen LogP contribution is 2.25. The van der Waals surface area contributed by atoms with Crippen LogP contribution in [0.2, 0.25) is 0 Å². The normalized spacial score (nSPS) is 19.5. The lowest BCUT2D eigenvalue weighted by Crippen LogP contribution is -2.18. The number of rotatable bonds is 5. The van der Waals surface area contributed by atoms with Crippen molar-refractivity contribution < 1.29 is 13.7 Å². The highest BCUT2D eigenvalue weighted by atomic mass is 32.2. The van der Waals surface area contributed by atoms with Gasteiger partial charge in [0.25, 0.3) is 0 Å². The molecule has 0 heterocycles. The number of hydrogen-bond donors (Lipinski definition) is 0. The van der Waals surface area contributed by atoms with Crippen LogP contribution in [0.3, 0.4) is 0 Å². The second kappa shape index (κ2) is 6.17. The third-order valence-electron chi connectivity index (χ3n) is 2.48. The van der Waals surface area contributed by atoms with Gasteiger partial charge in [-0.1, -0.05) is 12.8 Å². The van der Waals surface area contributed by atoms with Gasteiger partial charge in [0.1, 0.15) is 5.75 Å². The van der Waals surface area contributed by atoms with Crippen LogP contribution in [0.15, 0.2) is 0 Å². The van der Waals surface area contributed by atoms with Gasteiger partial charge in [0.05, 0.1) is 6.61 Å². The van der Waals surface area contributed by atoms with Crippen LogP contribution in [0.1, 0.15) is 32.6 Å². The van der Waals surface area contributed by atoms with Gasteiger partial charge in [-0.05, 0) is 25.7 Å². The quantitative estimate of drug-likeness (QED) is 0.657. The molecule has 14 heavy (non-hydrogen) atoms. The smallest absolute Gasteiger partial charge is 0.318 e. The first-order chi connectivity index (χ1) is 6.72. The van der Waals surface area contributed by atoms with Crippen LogP contribution in [0.5, 0.6) is 0 Å². The molecule has 0 N–H and O–H groups in total. The Labute approximate surface area is 87.7 Å². The predicted molar refractivity (Wildman–Crippen MR) is 56.5 cm³/mol. The molecule has 0 aromatic carbocycles. The van der Waals surface area contributed by atoms with Crippen LogP contribution in [0, 0.1) is 5.92 Å². The standard InChI is InChI=1S/C10H18O3S/c1-2-13-10(11)8-14(12)7-9-5-3-4-6-9/h9H,2-8H2,1H3. The molecule has 1 atom stereocenters. The number of ether oxygens (including phenoxy) is 1. The van der Waals surface area contributed by atoms with E-state index in [0.29, 0.717) is 18.3 Å². The molecule has 1 aliphatic carbocycles. The molecule has 0 amide bonds. The molecule has 4 heteroatoms. The van der Waals surface area contributed by atoms with Gasteiger partial charge in [0.2, 0.25) is 0 Å². The van der Waals surface area contributed by atoms with Crippen molar-refractivity contribution in [3.05, 3.63) is 0 Å². The molecule has 1 fully saturated rings. The van der Waals surface area contributed by atoms with E-state index in [2.05, 4.69) is 0 Å². The van der Waals surface area contributed by atoms with Crippen molar-refractivity contribution in [1.29, 1.82) is 0 Å². The fraction of sp³-hybridized carbons (Fsp3) is 0.900. The first-order valence-corrected chi connectivity index (χ1v) is 6.71. The maximum atomic E-state index is 11.5. The fourth-order valence-corrected chi connectivity index (χ4v) is 3.16. The van der Waals surface area contributed by atoms with E-state index >= 15 is 0 Å². The first-order valence-electron chi connectivity index (χ1n) is 5.23. The third-order valence-corrected chi connectivity index (χ3v) is 3.88. The summed E-state index contributed by atoms with van der Waals surface area (Å²) in [5.41, 5.74) is 0. The second-order valence-corrected chi connectivity index (χ2v) is 5.21. The van der Waals surface area contributed by atoms with Gasteiger partial charge in [0, 0.05) is 16.6 Å². The molecule has 1 unspecified atom stereocenters. The van der Waals surface area contributed by atoms with Gasteiger partial charge in [-0.2, -0.15) is 0 Å². The topological polar surface area (TPSA) is 43.4 Å². The van der Waals surface area contributed by atoms with Crippen LogP contribution in [-0.4, -0.2) is 28.3 Å². The SMILES string of the molecule is CCOC(=O)CS(=O)CC1CCCC1. The Morgan fingerprint density at radius 2 is 2.07 bits per heavy atom. The molecule has 0 aliphatic heterocycles. The van der Waals surface area contributed by atoms with Crippen LogP contribution in [0.4, 0.5) is 0 Å². The first kappa shape index (κ1) is 11.7. The summed E-state index contributed by atoms with van der Waals surface area (Å²) >= 11 is 0. The van der Waals surface area contributed by atoms with Crippen molar-refractivity contribution in [3.8, 4) is 0 Å². The van der Waals surface area contributed by atoms with Crippen molar-refractivity contribution in [3.63, 3.8) is 0 Å². The van der Waals surface area contributed by atoms with Crippen molar-refractivity contribution >= 4 is 16.8 Å². The van der Waals surface area contributed by atoms with Gasteiger partial charge >= 0.3 is 5.97 Å². The molecule has 0 aromatic heterocycles. The summed E-state index contributed by atoms with van der Waals surface area (Å²) in [5.74, 6) is 0.998. The van der Waals surface area contributed by atoms with Gasteiger partial charge in [-0.25, -0.2) is 0 Å². The summed E-state index contributed by atoms with van der Waals surface area (Å²) in [6.45, 7) is 2.14. The molecule has 0 aromatic rings. The Balaban J connectivity index is 2.17. The monoisotopic (exact) mass is 218 g/mol. The summed E-state index contributed by atoms with van der Waals surface area (Å²) in [6, 6.07) is 0. The summed E-state index contributed by atoms with van der Waals surface area (Å²) in [6.07, 6.45) is 4.85. The van der Waals surface area contributed by atoms with Crippen LogP contribution in [0.25, 0.3) is 0 Å². The lowest BCUT2D eigenvalue weighted by molar-refractivity contribution is -0.139. The van der Waals surface area contributed by atoms with E-state index in [4.69, 9.17) is 4.74 Å². The molecule has 0 bridgehead atoms. The molecular formula is C10H18O3S. The van der Waals surface area contributed by atoms with E-state index in [0.717, 1.165) is 0 Å². The Morgan fingerprint density at radius 1 is 1.43 bits per heavy atom. The summed E-state index contributed by atoms with van der Waals surface area (Å²) in [4.78, 5) is 11.0. The van der Waals surface area contributed by atoms with Crippen molar-refractivity contribution in [2.45, 2.75) is 32.6 Å². The largest absolute Gasteiger partial charge is 0.465 e. The van der Waals surface area contributed by atoms with E-state index < -0.39 is 10.8 Å². The van der Waals surface area contributed by atoms with Gasteiger partial charge in [-0.15, -0.1) is 0 Å². The molecule has 3 nitrogen and oxygen atoms in total. The Kier molecular flexibility index (Phi) is 5.15. The van der Waals surface area contributed by atoms with Crippen molar-refractivity contribution in [2.24, 2.45) is 5.92 Å². The zero-order chi connectivity index (χ0) is 10.4. The Hall–Kier alpha value is -0.380. The minimum atomic E-state index is -1.02. The number of hydrogen-bond acceptors (Lipinski definition) is 3.